The number of carbonyl (C=O) groups is 1. The maximum Gasteiger partial charge on any atom is 0.327 e. The molecule has 0 saturated heterocycles. The Morgan fingerprint density at radius 1 is 1.33 bits per heavy atom. The molecular weight excluding hydrogens is 292 g/mol. The second kappa shape index (κ2) is 7.63. The zero-order valence-corrected chi connectivity index (χ0v) is 12.7. The van der Waals surface area contributed by atoms with Gasteiger partial charge in [-0.3, -0.25) is 4.79 Å². The quantitative estimate of drug-likeness (QED) is 0.567. The molecular formula is C13H16N4O3S. The molecule has 0 aliphatic carbocycles. The van der Waals surface area contributed by atoms with Gasteiger partial charge in [-0.2, -0.15) is 0 Å². The van der Waals surface area contributed by atoms with Gasteiger partial charge in [0.2, 0.25) is 5.16 Å². The standard InChI is InChI=1S/C13H16N4O3S/c1-3-20-11-6-4-10(5-7-11)9-21-13-14-15-16-17(13)8-12(18)19-2/h4-7H,3,8-9H2,1-2H3. The van der Waals surface area contributed by atoms with Crippen molar-refractivity contribution in [1.82, 2.24) is 20.2 Å². The zero-order chi connectivity index (χ0) is 15.1. The number of ether oxygens (including phenoxy) is 2. The Kier molecular flexibility index (Phi) is 5.56. The first kappa shape index (κ1) is 15.3. The van der Waals surface area contributed by atoms with Crippen LogP contribution in [0.1, 0.15) is 12.5 Å². The monoisotopic (exact) mass is 308 g/mol. The Morgan fingerprint density at radius 3 is 2.76 bits per heavy atom. The van der Waals surface area contributed by atoms with E-state index in [0.717, 1.165) is 11.3 Å². The Morgan fingerprint density at radius 2 is 2.10 bits per heavy atom. The molecule has 0 N–H and O–H groups in total. The third-order valence-corrected chi connectivity index (χ3v) is 3.64. The minimum absolute atomic E-state index is 0.00904. The van der Waals surface area contributed by atoms with Crippen LogP contribution in [-0.4, -0.2) is 39.9 Å². The fourth-order valence-electron chi connectivity index (χ4n) is 1.58. The summed E-state index contributed by atoms with van der Waals surface area (Å²) >= 11 is 1.46. The second-order valence-electron chi connectivity index (χ2n) is 4.06. The van der Waals surface area contributed by atoms with Crippen LogP contribution in [0.15, 0.2) is 29.4 Å². The summed E-state index contributed by atoms with van der Waals surface area (Å²) in [7, 11) is 1.33. The van der Waals surface area contributed by atoms with Crippen molar-refractivity contribution < 1.29 is 14.3 Å². The van der Waals surface area contributed by atoms with Crippen molar-refractivity contribution in [2.24, 2.45) is 0 Å². The molecule has 8 heteroatoms. The number of methoxy groups -OCH3 is 1. The van der Waals surface area contributed by atoms with Crippen molar-refractivity contribution in [2.45, 2.75) is 24.4 Å². The number of hydrogen-bond acceptors (Lipinski definition) is 7. The van der Waals surface area contributed by atoms with Crippen LogP contribution in [0.5, 0.6) is 5.75 Å². The van der Waals surface area contributed by atoms with Gasteiger partial charge < -0.3 is 9.47 Å². The summed E-state index contributed by atoms with van der Waals surface area (Å²) < 4.78 is 11.4. The molecule has 0 bridgehead atoms. The molecule has 0 aliphatic heterocycles. The lowest BCUT2D eigenvalue weighted by atomic mass is 10.2. The molecule has 0 saturated carbocycles. The Hall–Kier alpha value is -2.09. The first-order chi connectivity index (χ1) is 10.2. The maximum atomic E-state index is 11.2. The molecule has 2 rings (SSSR count). The third kappa shape index (κ3) is 4.45. The summed E-state index contributed by atoms with van der Waals surface area (Å²) in [5, 5.41) is 11.8. The lowest BCUT2D eigenvalue weighted by Gasteiger charge is -2.05. The molecule has 0 aliphatic rings. The van der Waals surface area contributed by atoms with E-state index in [9.17, 15) is 4.79 Å². The first-order valence-electron chi connectivity index (χ1n) is 6.40. The molecule has 2 aromatic rings. The largest absolute Gasteiger partial charge is 0.494 e. The molecule has 0 unspecified atom stereocenters. The van der Waals surface area contributed by atoms with Crippen LogP contribution >= 0.6 is 11.8 Å². The average Bonchev–Trinajstić information content (AvgIpc) is 2.94. The Labute approximate surface area is 126 Å². The van der Waals surface area contributed by atoms with Crippen molar-refractivity contribution in [1.29, 1.82) is 0 Å². The lowest BCUT2D eigenvalue weighted by Crippen LogP contribution is -2.13. The molecule has 112 valence electrons. The van der Waals surface area contributed by atoms with Crippen LogP contribution in [0, 0.1) is 0 Å². The van der Waals surface area contributed by atoms with Gasteiger partial charge in [0.15, 0.2) is 0 Å². The summed E-state index contributed by atoms with van der Waals surface area (Å²) in [6.07, 6.45) is 0. The fourth-order valence-corrected chi connectivity index (χ4v) is 2.41. The normalized spacial score (nSPS) is 10.4. The molecule has 1 heterocycles. The lowest BCUT2D eigenvalue weighted by molar-refractivity contribution is -0.141. The smallest absolute Gasteiger partial charge is 0.327 e. The first-order valence-corrected chi connectivity index (χ1v) is 7.39. The van der Waals surface area contributed by atoms with E-state index in [2.05, 4.69) is 20.3 Å². The van der Waals surface area contributed by atoms with Crippen LogP contribution in [0.25, 0.3) is 0 Å². The number of carbonyl (C=O) groups excluding carboxylic acids is 1. The van der Waals surface area contributed by atoms with Crippen molar-refractivity contribution in [3.8, 4) is 5.75 Å². The number of benzene rings is 1. The molecule has 0 radical (unpaired) electrons. The van der Waals surface area contributed by atoms with E-state index >= 15 is 0 Å². The van der Waals surface area contributed by atoms with Gasteiger partial charge in [-0.25, -0.2) is 4.68 Å². The number of aromatic nitrogens is 4. The van der Waals surface area contributed by atoms with E-state index in [1.54, 1.807) is 0 Å². The van der Waals surface area contributed by atoms with Crippen molar-refractivity contribution in [2.75, 3.05) is 13.7 Å². The van der Waals surface area contributed by atoms with Gasteiger partial charge in [0.1, 0.15) is 12.3 Å². The van der Waals surface area contributed by atoms with E-state index in [1.165, 1.54) is 23.6 Å². The summed E-state index contributed by atoms with van der Waals surface area (Å²) in [6.45, 7) is 2.61. The molecule has 0 spiro atoms. The van der Waals surface area contributed by atoms with Gasteiger partial charge >= 0.3 is 5.97 Å². The predicted octanol–water partition coefficient (Wildman–Crippen LogP) is 1.54. The summed E-state index contributed by atoms with van der Waals surface area (Å²) in [5.74, 6) is 1.17. The number of esters is 1. The van der Waals surface area contributed by atoms with Crippen molar-refractivity contribution >= 4 is 17.7 Å². The highest BCUT2D eigenvalue weighted by molar-refractivity contribution is 7.98. The number of tetrazole rings is 1. The van der Waals surface area contributed by atoms with Gasteiger partial charge in [-0.1, -0.05) is 23.9 Å². The number of rotatable bonds is 7. The molecule has 1 aromatic heterocycles. The summed E-state index contributed by atoms with van der Waals surface area (Å²) in [6, 6.07) is 7.84. The molecule has 1 aromatic carbocycles. The minimum atomic E-state index is -0.384. The highest BCUT2D eigenvalue weighted by Gasteiger charge is 2.11. The van der Waals surface area contributed by atoms with Crippen molar-refractivity contribution in [3.05, 3.63) is 29.8 Å². The van der Waals surface area contributed by atoms with Gasteiger partial charge in [0.05, 0.1) is 13.7 Å². The van der Waals surface area contributed by atoms with Crippen molar-refractivity contribution in [3.63, 3.8) is 0 Å². The second-order valence-corrected chi connectivity index (χ2v) is 5.00. The zero-order valence-electron chi connectivity index (χ0n) is 11.9. The van der Waals surface area contributed by atoms with Crippen LogP contribution < -0.4 is 4.74 Å². The summed E-state index contributed by atoms with van der Waals surface area (Å²) in [5.41, 5.74) is 1.12. The average molecular weight is 308 g/mol. The summed E-state index contributed by atoms with van der Waals surface area (Å²) in [4.78, 5) is 11.2. The van der Waals surface area contributed by atoms with Crippen LogP contribution in [0.2, 0.25) is 0 Å². The Bertz CT molecular complexity index is 585. The van der Waals surface area contributed by atoms with Gasteiger partial charge in [-0.15, -0.1) is 5.10 Å². The molecule has 7 nitrogen and oxygen atoms in total. The molecule has 0 fully saturated rings. The topological polar surface area (TPSA) is 79.1 Å². The highest BCUT2D eigenvalue weighted by Crippen LogP contribution is 2.21. The van der Waals surface area contributed by atoms with Crippen LogP contribution in [-0.2, 0) is 21.8 Å². The Balaban J connectivity index is 1.93. The molecule has 0 amide bonds. The van der Waals surface area contributed by atoms with Crippen LogP contribution in [0.3, 0.4) is 0 Å². The minimum Gasteiger partial charge on any atom is -0.494 e. The molecule has 21 heavy (non-hydrogen) atoms. The number of nitrogens with zero attached hydrogens (tertiary/aromatic N) is 4. The highest BCUT2D eigenvalue weighted by atomic mass is 32.2. The van der Waals surface area contributed by atoms with E-state index in [1.807, 2.05) is 31.2 Å². The van der Waals surface area contributed by atoms with Gasteiger partial charge in [0.25, 0.3) is 0 Å². The third-order valence-electron chi connectivity index (χ3n) is 2.61. The predicted molar refractivity (Wildman–Crippen MR) is 77.0 cm³/mol. The molecule has 0 atom stereocenters. The van der Waals surface area contributed by atoms with E-state index in [-0.39, 0.29) is 12.5 Å². The van der Waals surface area contributed by atoms with E-state index in [4.69, 9.17) is 4.74 Å². The van der Waals surface area contributed by atoms with E-state index in [0.29, 0.717) is 17.5 Å². The SMILES string of the molecule is CCOc1ccc(CSc2nnnn2CC(=O)OC)cc1. The number of hydrogen-bond donors (Lipinski definition) is 0. The van der Waals surface area contributed by atoms with Gasteiger partial charge in [-0.05, 0) is 35.0 Å². The van der Waals surface area contributed by atoms with Crippen LogP contribution in [0.4, 0.5) is 0 Å². The van der Waals surface area contributed by atoms with Gasteiger partial charge in [0, 0.05) is 5.75 Å². The number of thioether (sulfide) groups is 1. The maximum absolute atomic E-state index is 11.2. The fraction of sp³-hybridized carbons (Fsp3) is 0.385. The van der Waals surface area contributed by atoms with E-state index < -0.39 is 0 Å².